The van der Waals surface area contributed by atoms with Gasteiger partial charge in [-0.15, -0.1) is 0 Å². The number of alkyl halides is 2. The summed E-state index contributed by atoms with van der Waals surface area (Å²) in [6.07, 6.45) is 1.40. The van der Waals surface area contributed by atoms with Gasteiger partial charge in [-0.05, 0) is 47.5 Å². The lowest BCUT2D eigenvalue weighted by Crippen LogP contribution is -2.17. The zero-order chi connectivity index (χ0) is 16.7. The highest BCUT2D eigenvalue weighted by atomic mass is 19.3. The summed E-state index contributed by atoms with van der Waals surface area (Å²) >= 11 is 0. The van der Waals surface area contributed by atoms with E-state index < -0.39 is 6.61 Å². The maximum absolute atomic E-state index is 12.0. The molecule has 0 spiro atoms. The van der Waals surface area contributed by atoms with Gasteiger partial charge in [0, 0.05) is 12.1 Å². The topological polar surface area (TPSA) is 76.7 Å². The largest absolute Gasteiger partial charge is 0.435 e. The first-order chi connectivity index (χ1) is 11.1. The lowest BCUT2D eigenvalue weighted by Gasteiger charge is -2.04. The van der Waals surface area contributed by atoms with Gasteiger partial charge in [-0.25, -0.2) is 5.43 Å². The summed E-state index contributed by atoms with van der Waals surface area (Å²) in [5.41, 5.74) is 9.88. The molecule has 5 nitrogen and oxygen atoms in total. The van der Waals surface area contributed by atoms with E-state index in [9.17, 15) is 13.6 Å². The lowest BCUT2D eigenvalue weighted by molar-refractivity contribution is -0.0498. The van der Waals surface area contributed by atoms with Crippen molar-refractivity contribution < 1.29 is 18.3 Å². The number of nitrogens with one attached hydrogen (secondary N) is 1. The average Bonchev–Trinajstić information content (AvgIpc) is 2.56. The monoisotopic (exact) mass is 319 g/mol. The molecular weight excluding hydrogens is 304 g/mol. The minimum Gasteiger partial charge on any atom is -0.435 e. The Hall–Kier alpha value is -2.80. The quantitative estimate of drug-likeness (QED) is 0.634. The fourth-order valence-corrected chi connectivity index (χ4v) is 1.76. The SMILES string of the molecule is NCc1ccc(C(=O)NN=Cc2ccc(OC(F)F)cc2)cc1. The molecule has 0 radical (unpaired) electrons. The highest BCUT2D eigenvalue weighted by Crippen LogP contribution is 2.13. The van der Waals surface area contributed by atoms with Crippen LogP contribution in [0.4, 0.5) is 8.78 Å². The third kappa shape index (κ3) is 5.15. The molecular formula is C16H15F2N3O2. The molecule has 0 aliphatic rings. The summed E-state index contributed by atoms with van der Waals surface area (Å²) < 4.78 is 28.3. The van der Waals surface area contributed by atoms with Crippen molar-refractivity contribution in [1.29, 1.82) is 0 Å². The van der Waals surface area contributed by atoms with Gasteiger partial charge in [0.05, 0.1) is 6.21 Å². The maximum atomic E-state index is 12.0. The molecule has 0 saturated carbocycles. The molecule has 2 aromatic rings. The molecule has 2 rings (SSSR count). The van der Waals surface area contributed by atoms with Crippen LogP contribution >= 0.6 is 0 Å². The average molecular weight is 319 g/mol. The van der Waals surface area contributed by atoms with Crippen LogP contribution in [0.2, 0.25) is 0 Å². The second-order valence-corrected chi connectivity index (χ2v) is 4.55. The summed E-state index contributed by atoms with van der Waals surface area (Å²) in [6.45, 7) is -2.45. The molecule has 3 N–H and O–H groups in total. The van der Waals surface area contributed by atoms with Crippen LogP contribution < -0.4 is 15.9 Å². The number of hydrogen-bond donors (Lipinski definition) is 2. The Morgan fingerprint density at radius 3 is 2.39 bits per heavy atom. The second kappa shape index (κ2) is 8.00. The van der Waals surface area contributed by atoms with Gasteiger partial charge in [0.25, 0.3) is 5.91 Å². The number of amides is 1. The number of carbonyl (C=O) groups excluding carboxylic acids is 1. The van der Waals surface area contributed by atoms with Crippen molar-refractivity contribution in [3.63, 3.8) is 0 Å². The molecule has 7 heteroatoms. The maximum Gasteiger partial charge on any atom is 0.387 e. The minimum atomic E-state index is -2.86. The van der Waals surface area contributed by atoms with Gasteiger partial charge in [-0.2, -0.15) is 13.9 Å². The van der Waals surface area contributed by atoms with E-state index in [1.54, 1.807) is 36.4 Å². The fraction of sp³-hybridized carbons (Fsp3) is 0.125. The number of hydrogen-bond acceptors (Lipinski definition) is 4. The van der Waals surface area contributed by atoms with E-state index in [0.717, 1.165) is 5.56 Å². The molecule has 120 valence electrons. The zero-order valence-corrected chi connectivity index (χ0v) is 12.1. The third-order valence-electron chi connectivity index (χ3n) is 2.94. The van der Waals surface area contributed by atoms with Crippen LogP contribution in [0.25, 0.3) is 0 Å². The Kier molecular flexibility index (Phi) is 5.76. The Morgan fingerprint density at radius 1 is 1.17 bits per heavy atom. The predicted octanol–water partition coefficient (Wildman–Crippen LogP) is 2.51. The van der Waals surface area contributed by atoms with Gasteiger partial charge in [0.1, 0.15) is 5.75 Å². The normalized spacial score (nSPS) is 11.0. The summed E-state index contributed by atoms with van der Waals surface area (Å²) in [4.78, 5) is 11.9. The standard InChI is InChI=1S/C16H15F2N3O2/c17-16(18)23-14-7-3-12(4-8-14)10-20-21-15(22)13-5-1-11(9-19)2-6-13/h1-8,10,16H,9,19H2,(H,21,22). The van der Waals surface area contributed by atoms with Gasteiger partial charge in [-0.1, -0.05) is 12.1 Å². The van der Waals surface area contributed by atoms with E-state index in [2.05, 4.69) is 15.3 Å². The molecule has 2 aromatic carbocycles. The van der Waals surface area contributed by atoms with Crippen LogP contribution in [0.5, 0.6) is 5.75 Å². The number of carbonyl (C=O) groups is 1. The predicted molar refractivity (Wildman–Crippen MR) is 82.5 cm³/mol. The second-order valence-electron chi connectivity index (χ2n) is 4.55. The molecule has 0 aliphatic carbocycles. The van der Waals surface area contributed by atoms with Crippen molar-refractivity contribution in [1.82, 2.24) is 5.43 Å². The van der Waals surface area contributed by atoms with Gasteiger partial charge < -0.3 is 10.5 Å². The van der Waals surface area contributed by atoms with Crippen molar-refractivity contribution in [2.45, 2.75) is 13.2 Å². The molecule has 0 fully saturated rings. The molecule has 1 amide bonds. The van der Waals surface area contributed by atoms with Gasteiger partial charge >= 0.3 is 6.61 Å². The first-order valence-corrected chi connectivity index (χ1v) is 6.76. The fourth-order valence-electron chi connectivity index (χ4n) is 1.76. The molecule has 23 heavy (non-hydrogen) atoms. The minimum absolute atomic E-state index is 0.0566. The lowest BCUT2D eigenvalue weighted by atomic mass is 10.1. The summed E-state index contributed by atoms with van der Waals surface area (Å²) in [7, 11) is 0. The van der Waals surface area contributed by atoms with E-state index in [0.29, 0.717) is 17.7 Å². The van der Waals surface area contributed by atoms with E-state index in [1.165, 1.54) is 18.3 Å². The van der Waals surface area contributed by atoms with Gasteiger partial charge in [-0.3, -0.25) is 4.79 Å². The molecule has 0 aromatic heterocycles. The molecule has 0 unspecified atom stereocenters. The summed E-state index contributed by atoms with van der Waals surface area (Å²) in [6, 6.07) is 12.7. The number of nitrogens with two attached hydrogens (primary N) is 1. The van der Waals surface area contributed by atoms with Crippen molar-refractivity contribution in [2.75, 3.05) is 0 Å². The molecule has 0 heterocycles. The van der Waals surface area contributed by atoms with Crippen molar-refractivity contribution in [3.8, 4) is 5.75 Å². The molecule has 0 bridgehead atoms. The smallest absolute Gasteiger partial charge is 0.387 e. The van der Waals surface area contributed by atoms with Crippen LogP contribution in [0.1, 0.15) is 21.5 Å². The molecule has 0 aliphatic heterocycles. The molecule has 0 atom stereocenters. The number of ether oxygens (including phenoxy) is 1. The van der Waals surface area contributed by atoms with Crippen molar-refractivity contribution in [2.24, 2.45) is 10.8 Å². The van der Waals surface area contributed by atoms with Crippen LogP contribution in [-0.4, -0.2) is 18.7 Å². The Labute approximate surface area is 131 Å². The van der Waals surface area contributed by atoms with Crippen molar-refractivity contribution in [3.05, 3.63) is 65.2 Å². The molecule has 0 saturated heterocycles. The number of rotatable bonds is 6. The zero-order valence-electron chi connectivity index (χ0n) is 12.1. The highest BCUT2D eigenvalue weighted by Gasteiger charge is 2.04. The number of benzene rings is 2. The van der Waals surface area contributed by atoms with Crippen LogP contribution in [0.3, 0.4) is 0 Å². The Balaban J connectivity index is 1.91. The van der Waals surface area contributed by atoms with E-state index in [1.807, 2.05) is 0 Å². The first kappa shape index (κ1) is 16.6. The Morgan fingerprint density at radius 2 is 1.83 bits per heavy atom. The number of nitrogens with zero attached hydrogens (tertiary/aromatic N) is 1. The Bertz CT molecular complexity index is 671. The van der Waals surface area contributed by atoms with Crippen molar-refractivity contribution >= 4 is 12.1 Å². The number of halogens is 2. The first-order valence-electron chi connectivity index (χ1n) is 6.76. The van der Waals surface area contributed by atoms with Gasteiger partial charge in [0.15, 0.2) is 0 Å². The third-order valence-corrected chi connectivity index (χ3v) is 2.94. The van der Waals surface area contributed by atoms with Crippen LogP contribution in [0, 0.1) is 0 Å². The van der Waals surface area contributed by atoms with E-state index in [-0.39, 0.29) is 11.7 Å². The van der Waals surface area contributed by atoms with E-state index >= 15 is 0 Å². The number of hydrazone groups is 1. The van der Waals surface area contributed by atoms with E-state index in [4.69, 9.17) is 5.73 Å². The van der Waals surface area contributed by atoms with Gasteiger partial charge in [0.2, 0.25) is 0 Å². The summed E-state index contributed by atoms with van der Waals surface area (Å²) in [5, 5.41) is 3.81. The summed E-state index contributed by atoms with van der Waals surface area (Å²) in [5.74, 6) is -0.302. The highest BCUT2D eigenvalue weighted by molar-refractivity contribution is 5.94. The van der Waals surface area contributed by atoms with Crippen LogP contribution in [0.15, 0.2) is 53.6 Å². The van der Waals surface area contributed by atoms with Crippen LogP contribution in [-0.2, 0) is 6.54 Å².